The molecule has 0 aromatic heterocycles. The van der Waals surface area contributed by atoms with Crippen LogP contribution in [0.25, 0.3) is 0 Å². The maximum atomic E-state index is 12.8. The monoisotopic (exact) mass is 396 g/mol. The summed E-state index contributed by atoms with van der Waals surface area (Å²) in [7, 11) is 1.59. The summed E-state index contributed by atoms with van der Waals surface area (Å²) in [4.78, 5) is 40.0. The molecule has 0 bridgehead atoms. The number of aromatic carboxylic acids is 1. The molecule has 0 unspecified atom stereocenters. The van der Waals surface area contributed by atoms with Crippen LogP contribution in [0.2, 0.25) is 0 Å². The summed E-state index contributed by atoms with van der Waals surface area (Å²) in [5, 5.41) is 9.20. The number of carbonyl (C=O) groups is 3. The van der Waals surface area contributed by atoms with Crippen LogP contribution in [0.1, 0.15) is 31.8 Å². The molecule has 1 N–H and O–H groups in total. The van der Waals surface area contributed by atoms with Gasteiger partial charge in [-0.3, -0.25) is 9.59 Å². The Kier molecular flexibility index (Phi) is 6.16. The van der Waals surface area contributed by atoms with Gasteiger partial charge in [-0.2, -0.15) is 0 Å². The minimum atomic E-state index is -1.06. The Morgan fingerprint density at radius 1 is 0.966 bits per heavy atom. The Hall–Kier alpha value is -3.35. The van der Waals surface area contributed by atoms with E-state index in [-0.39, 0.29) is 23.8 Å². The number of carboxylic acid groups (broad SMARTS) is 1. The van der Waals surface area contributed by atoms with Crippen LogP contribution in [0.15, 0.2) is 42.5 Å². The van der Waals surface area contributed by atoms with E-state index in [0.29, 0.717) is 37.5 Å². The molecule has 2 amide bonds. The first-order chi connectivity index (χ1) is 13.9. The zero-order valence-electron chi connectivity index (χ0n) is 16.6. The van der Waals surface area contributed by atoms with Crippen molar-refractivity contribution in [3.8, 4) is 5.75 Å². The molecule has 7 nitrogen and oxygen atoms in total. The van der Waals surface area contributed by atoms with E-state index in [9.17, 15) is 19.5 Å². The maximum Gasteiger partial charge on any atom is 0.335 e. The second-order valence-electron chi connectivity index (χ2n) is 7.09. The number of benzene rings is 2. The van der Waals surface area contributed by atoms with Crippen molar-refractivity contribution in [2.75, 3.05) is 33.3 Å². The van der Waals surface area contributed by atoms with E-state index in [4.69, 9.17) is 4.74 Å². The topological polar surface area (TPSA) is 87.2 Å². The van der Waals surface area contributed by atoms with Crippen LogP contribution in [0, 0.1) is 6.92 Å². The summed E-state index contributed by atoms with van der Waals surface area (Å²) in [6, 6.07) is 12.0. The summed E-state index contributed by atoms with van der Waals surface area (Å²) in [5.41, 5.74) is 2.06. The molecule has 0 radical (unpaired) electrons. The molecule has 1 aliphatic rings. The van der Waals surface area contributed by atoms with Gasteiger partial charge >= 0.3 is 5.97 Å². The summed E-state index contributed by atoms with van der Waals surface area (Å²) < 4.78 is 5.19. The van der Waals surface area contributed by atoms with Crippen LogP contribution in [0.3, 0.4) is 0 Å². The molecule has 7 heteroatoms. The van der Waals surface area contributed by atoms with Gasteiger partial charge in [0, 0.05) is 31.7 Å². The van der Waals surface area contributed by atoms with E-state index in [0.717, 1.165) is 11.1 Å². The zero-order chi connectivity index (χ0) is 21.0. The number of hydrogen-bond acceptors (Lipinski definition) is 4. The molecular formula is C22H24N2O5. The first-order valence-electron chi connectivity index (χ1n) is 9.42. The maximum absolute atomic E-state index is 12.8. The first kappa shape index (κ1) is 20.4. The highest BCUT2D eigenvalue weighted by Crippen LogP contribution is 2.16. The summed E-state index contributed by atoms with van der Waals surface area (Å²) in [6.45, 7) is 3.49. The number of rotatable bonds is 5. The van der Waals surface area contributed by atoms with E-state index < -0.39 is 5.97 Å². The molecule has 152 valence electrons. The Labute approximate surface area is 169 Å². The molecule has 1 saturated heterocycles. The number of ether oxygens (including phenoxy) is 1. The molecular weight excluding hydrogens is 372 g/mol. The number of amides is 2. The third-order valence-electron chi connectivity index (χ3n) is 4.98. The summed E-state index contributed by atoms with van der Waals surface area (Å²) >= 11 is 0. The van der Waals surface area contributed by atoms with E-state index in [1.165, 1.54) is 12.1 Å². The molecule has 3 rings (SSSR count). The highest BCUT2D eigenvalue weighted by Gasteiger charge is 2.25. The average molecular weight is 396 g/mol. The fourth-order valence-electron chi connectivity index (χ4n) is 3.44. The number of carboxylic acids is 1. The molecule has 1 heterocycles. The highest BCUT2D eigenvalue weighted by atomic mass is 16.5. The Morgan fingerprint density at radius 2 is 1.62 bits per heavy atom. The predicted molar refractivity (Wildman–Crippen MR) is 107 cm³/mol. The second-order valence-corrected chi connectivity index (χ2v) is 7.09. The lowest BCUT2D eigenvalue weighted by atomic mass is 10.0. The molecule has 0 atom stereocenters. The molecule has 2 aromatic rings. The molecule has 29 heavy (non-hydrogen) atoms. The first-order valence-corrected chi connectivity index (χ1v) is 9.42. The molecule has 0 spiro atoms. The predicted octanol–water partition coefficient (Wildman–Crippen LogP) is 2.23. The van der Waals surface area contributed by atoms with Crippen molar-refractivity contribution in [1.82, 2.24) is 9.80 Å². The molecule has 1 aliphatic heterocycles. The van der Waals surface area contributed by atoms with Crippen LogP contribution in [0.5, 0.6) is 5.75 Å². The van der Waals surface area contributed by atoms with E-state index in [1.807, 2.05) is 24.3 Å². The lowest BCUT2D eigenvalue weighted by Gasteiger charge is -2.35. The van der Waals surface area contributed by atoms with Crippen molar-refractivity contribution in [2.24, 2.45) is 0 Å². The van der Waals surface area contributed by atoms with Gasteiger partial charge in [0.1, 0.15) is 5.75 Å². The van der Waals surface area contributed by atoms with Gasteiger partial charge in [0.15, 0.2) is 0 Å². The van der Waals surface area contributed by atoms with Crippen LogP contribution >= 0.6 is 0 Å². The zero-order valence-corrected chi connectivity index (χ0v) is 16.6. The quantitative estimate of drug-likeness (QED) is 0.838. The normalized spacial score (nSPS) is 13.9. The van der Waals surface area contributed by atoms with E-state index in [2.05, 4.69) is 0 Å². The van der Waals surface area contributed by atoms with Crippen molar-refractivity contribution in [3.63, 3.8) is 0 Å². The van der Waals surface area contributed by atoms with Crippen molar-refractivity contribution in [3.05, 3.63) is 64.7 Å². The highest BCUT2D eigenvalue weighted by molar-refractivity contribution is 5.98. The number of hydrogen-bond donors (Lipinski definition) is 1. The Bertz CT molecular complexity index is 933. The smallest absolute Gasteiger partial charge is 0.335 e. The third kappa shape index (κ3) is 4.93. The van der Waals surface area contributed by atoms with E-state index >= 15 is 0 Å². The van der Waals surface area contributed by atoms with Crippen LogP contribution in [-0.4, -0.2) is 66.0 Å². The van der Waals surface area contributed by atoms with Gasteiger partial charge in [0.25, 0.3) is 5.91 Å². The second kappa shape index (κ2) is 8.77. The van der Waals surface area contributed by atoms with Crippen LogP contribution in [0.4, 0.5) is 0 Å². The minimum Gasteiger partial charge on any atom is -0.497 e. The summed E-state index contributed by atoms with van der Waals surface area (Å²) in [5.74, 6) is -0.550. The van der Waals surface area contributed by atoms with Crippen molar-refractivity contribution >= 4 is 17.8 Å². The van der Waals surface area contributed by atoms with Gasteiger partial charge in [-0.15, -0.1) is 0 Å². The minimum absolute atomic E-state index is 0.00840. The standard InChI is InChI=1S/C22H24N2O5/c1-15-10-17(14-18(11-15)22(27)28)21(26)24-8-6-23(7-9-24)20(25)13-16-4-3-5-19(12-16)29-2/h3-5,10-12,14H,6-9,13H2,1-2H3,(H,27,28). The van der Waals surface area contributed by atoms with Crippen molar-refractivity contribution < 1.29 is 24.2 Å². The van der Waals surface area contributed by atoms with Gasteiger partial charge in [0.2, 0.25) is 5.91 Å². The molecule has 2 aromatic carbocycles. The lowest BCUT2D eigenvalue weighted by Crippen LogP contribution is -2.51. The van der Waals surface area contributed by atoms with Gasteiger partial charge in [-0.05, 0) is 48.4 Å². The SMILES string of the molecule is COc1cccc(CC(=O)N2CCN(C(=O)c3cc(C)cc(C(=O)O)c3)CC2)c1. The van der Waals surface area contributed by atoms with Crippen LogP contribution < -0.4 is 4.74 Å². The largest absolute Gasteiger partial charge is 0.497 e. The number of piperazine rings is 1. The molecule has 0 aliphatic carbocycles. The lowest BCUT2D eigenvalue weighted by molar-refractivity contribution is -0.131. The fourth-order valence-corrected chi connectivity index (χ4v) is 3.44. The van der Waals surface area contributed by atoms with Crippen molar-refractivity contribution in [1.29, 1.82) is 0 Å². The number of aryl methyl sites for hydroxylation is 1. The van der Waals surface area contributed by atoms with Crippen molar-refractivity contribution in [2.45, 2.75) is 13.3 Å². The third-order valence-corrected chi connectivity index (χ3v) is 4.98. The fraction of sp³-hybridized carbons (Fsp3) is 0.318. The molecule has 0 saturated carbocycles. The number of nitrogens with zero attached hydrogens (tertiary/aromatic N) is 2. The van der Waals surface area contributed by atoms with E-state index in [1.54, 1.807) is 29.9 Å². The molecule has 1 fully saturated rings. The summed E-state index contributed by atoms with van der Waals surface area (Å²) in [6.07, 6.45) is 0.283. The van der Waals surface area contributed by atoms with Gasteiger partial charge in [-0.1, -0.05) is 12.1 Å². The van der Waals surface area contributed by atoms with Gasteiger partial charge < -0.3 is 19.6 Å². The number of carbonyl (C=O) groups excluding carboxylic acids is 2. The van der Waals surface area contributed by atoms with Crippen LogP contribution in [-0.2, 0) is 11.2 Å². The van der Waals surface area contributed by atoms with Gasteiger partial charge in [-0.25, -0.2) is 4.79 Å². The van der Waals surface area contributed by atoms with Gasteiger partial charge in [0.05, 0.1) is 19.1 Å². The Balaban J connectivity index is 1.60. The average Bonchev–Trinajstić information content (AvgIpc) is 2.73. The Morgan fingerprint density at radius 3 is 2.28 bits per heavy atom. The number of methoxy groups -OCH3 is 1.